The highest BCUT2D eigenvalue weighted by Gasteiger charge is 2.26. The normalized spacial score (nSPS) is 11.5. The van der Waals surface area contributed by atoms with Crippen LogP contribution in [0.25, 0.3) is 0 Å². The van der Waals surface area contributed by atoms with Crippen LogP contribution < -0.4 is 0 Å². The Morgan fingerprint density at radius 1 is 1.35 bits per heavy atom. The molecule has 0 unspecified atom stereocenters. The SMILES string of the molecule is CCC(CC)N(C)S(=O)(=O)c1cncc(C#CCO)c1. The predicted molar refractivity (Wildman–Crippen MR) is 77.5 cm³/mol. The Kier molecular flexibility index (Phi) is 6.14. The molecule has 0 aliphatic rings. The van der Waals surface area contributed by atoms with Crippen LogP contribution in [0.5, 0.6) is 0 Å². The maximum absolute atomic E-state index is 12.5. The fraction of sp³-hybridized carbons (Fsp3) is 0.500. The van der Waals surface area contributed by atoms with Gasteiger partial charge in [0.05, 0.1) is 0 Å². The van der Waals surface area contributed by atoms with Crippen molar-refractivity contribution in [2.24, 2.45) is 0 Å². The van der Waals surface area contributed by atoms with Gasteiger partial charge in [-0.15, -0.1) is 0 Å². The Morgan fingerprint density at radius 2 is 2.00 bits per heavy atom. The van der Waals surface area contributed by atoms with E-state index in [1.165, 1.54) is 22.8 Å². The lowest BCUT2D eigenvalue weighted by atomic mass is 10.2. The molecule has 110 valence electrons. The van der Waals surface area contributed by atoms with Crippen molar-refractivity contribution in [2.75, 3.05) is 13.7 Å². The summed E-state index contributed by atoms with van der Waals surface area (Å²) >= 11 is 0. The van der Waals surface area contributed by atoms with Gasteiger partial charge in [-0.2, -0.15) is 4.31 Å². The van der Waals surface area contributed by atoms with Gasteiger partial charge in [0.25, 0.3) is 0 Å². The zero-order valence-corrected chi connectivity index (χ0v) is 12.8. The molecule has 0 atom stereocenters. The molecule has 0 aromatic carbocycles. The third-order valence-electron chi connectivity index (χ3n) is 3.16. The van der Waals surface area contributed by atoms with Crippen LogP contribution in [0.2, 0.25) is 0 Å². The van der Waals surface area contributed by atoms with Crippen LogP contribution in [0.3, 0.4) is 0 Å². The molecule has 0 fully saturated rings. The summed E-state index contributed by atoms with van der Waals surface area (Å²) in [6.07, 6.45) is 4.30. The molecule has 1 aromatic rings. The molecule has 0 saturated heterocycles. The third-order valence-corrected chi connectivity index (χ3v) is 5.03. The highest BCUT2D eigenvalue weighted by molar-refractivity contribution is 7.89. The van der Waals surface area contributed by atoms with Crippen molar-refractivity contribution in [3.05, 3.63) is 24.0 Å². The Balaban J connectivity index is 3.15. The molecule has 0 saturated carbocycles. The molecule has 0 bridgehead atoms. The average Bonchev–Trinajstić information content (AvgIpc) is 2.46. The van der Waals surface area contributed by atoms with Gasteiger partial charge >= 0.3 is 0 Å². The number of rotatable bonds is 5. The monoisotopic (exact) mass is 296 g/mol. The van der Waals surface area contributed by atoms with Crippen molar-refractivity contribution in [1.29, 1.82) is 0 Å². The van der Waals surface area contributed by atoms with Crippen molar-refractivity contribution < 1.29 is 13.5 Å². The number of aromatic nitrogens is 1. The molecule has 0 amide bonds. The Bertz CT molecular complexity index is 598. The number of sulfonamides is 1. The maximum atomic E-state index is 12.5. The molecule has 1 heterocycles. The van der Waals surface area contributed by atoms with Gasteiger partial charge in [-0.05, 0) is 18.9 Å². The Hall–Kier alpha value is -1.42. The third kappa shape index (κ3) is 3.79. The summed E-state index contributed by atoms with van der Waals surface area (Å²) < 4.78 is 26.4. The molecule has 0 aliphatic carbocycles. The van der Waals surface area contributed by atoms with Gasteiger partial charge < -0.3 is 5.11 Å². The van der Waals surface area contributed by atoms with E-state index in [1.807, 2.05) is 13.8 Å². The number of aliphatic hydroxyl groups is 1. The molecule has 5 nitrogen and oxygen atoms in total. The summed E-state index contributed by atoms with van der Waals surface area (Å²) in [4.78, 5) is 4.03. The fourth-order valence-electron chi connectivity index (χ4n) is 1.94. The second kappa shape index (κ2) is 7.39. The van der Waals surface area contributed by atoms with Crippen LogP contribution >= 0.6 is 0 Å². The first-order valence-corrected chi connectivity index (χ1v) is 7.94. The molecular formula is C14H20N2O3S. The average molecular weight is 296 g/mol. The minimum Gasteiger partial charge on any atom is -0.384 e. The fourth-order valence-corrected chi connectivity index (χ4v) is 3.43. The lowest BCUT2D eigenvalue weighted by molar-refractivity contribution is 0.349. The van der Waals surface area contributed by atoms with Crippen LogP contribution in [0.4, 0.5) is 0 Å². The summed E-state index contributed by atoms with van der Waals surface area (Å²) in [5, 5.41) is 8.66. The summed E-state index contributed by atoms with van der Waals surface area (Å²) in [7, 11) is -1.99. The summed E-state index contributed by atoms with van der Waals surface area (Å²) in [5.74, 6) is 5.13. The predicted octanol–water partition coefficient (Wildman–Crippen LogP) is 1.23. The molecule has 1 rings (SSSR count). The largest absolute Gasteiger partial charge is 0.384 e. The molecule has 6 heteroatoms. The van der Waals surface area contributed by atoms with Gasteiger partial charge in [0.15, 0.2) is 0 Å². The van der Waals surface area contributed by atoms with E-state index in [0.29, 0.717) is 5.56 Å². The van der Waals surface area contributed by atoms with E-state index in [-0.39, 0.29) is 17.5 Å². The minimum atomic E-state index is -3.57. The topological polar surface area (TPSA) is 70.5 Å². The first kappa shape index (κ1) is 16.6. The van der Waals surface area contributed by atoms with Gasteiger partial charge in [0.1, 0.15) is 11.5 Å². The number of aliphatic hydroxyl groups excluding tert-OH is 1. The molecular weight excluding hydrogens is 276 g/mol. The standard InChI is InChI=1S/C14H20N2O3S/c1-4-13(5-2)16(3)20(18,19)14-9-12(7-6-8-17)10-15-11-14/h9-11,13,17H,4-5,8H2,1-3H3. The summed E-state index contributed by atoms with van der Waals surface area (Å²) in [6.45, 7) is 3.65. The molecule has 0 aliphatic heterocycles. The second-order valence-corrected chi connectivity index (χ2v) is 6.36. The Labute approximate surface area is 120 Å². The van der Waals surface area contributed by atoms with Crippen LogP contribution in [0, 0.1) is 11.8 Å². The first-order chi connectivity index (χ1) is 9.47. The first-order valence-electron chi connectivity index (χ1n) is 6.50. The number of hydrogen-bond acceptors (Lipinski definition) is 4. The summed E-state index contributed by atoms with van der Waals surface area (Å²) in [6, 6.07) is 1.44. The lowest BCUT2D eigenvalue weighted by Crippen LogP contribution is -2.36. The molecule has 1 aromatic heterocycles. The van der Waals surface area contributed by atoms with E-state index < -0.39 is 10.0 Å². The Morgan fingerprint density at radius 3 is 2.55 bits per heavy atom. The van der Waals surface area contributed by atoms with Crippen molar-refractivity contribution in [2.45, 2.75) is 37.6 Å². The second-order valence-electron chi connectivity index (χ2n) is 4.36. The van der Waals surface area contributed by atoms with Gasteiger partial charge in [0, 0.05) is 31.0 Å². The van der Waals surface area contributed by atoms with Crippen molar-refractivity contribution in [1.82, 2.24) is 9.29 Å². The molecule has 0 spiro atoms. The quantitative estimate of drug-likeness (QED) is 0.830. The van der Waals surface area contributed by atoms with E-state index in [4.69, 9.17) is 5.11 Å². The minimum absolute atomic E-state index is 0.0350. The van der Waals surface area contributed by atoms with E-state index in [1.54, 1.807) is 7.05 Å². The van der Waals surface area contributed by atoms with Crippen molar-refractivity contribution in [3.8, 4) is 11.8 Å². The van der Waals surface area contributed by atoms with Gasteiger partial charge in [-0.25, -0.2) is 8.42 Å². The van der Waals surface area contributed by atoms with Crippen LogP contribution in [0.1, 0.15) is 32.3 Å². The van der Waals surface area contributed by atoms with Gasteiger partial charge in [-0.1, -0.05) is 25.7 Å². The molecule has 0 radical (unpaired) electrons. The lowest BCUT2D eigenvalue weighted by Gasteiger charge is -2.25. The van der Waals surface area contributed by atoms with Crippen molar-refractivity contribution >= 4 is 10.0 Å². The maximum Gasteiger partial charge on any atom is 0.244 e. The summed E-state index contributed by atoms with van der Waals surface area (Å²) in [5.41, 5.74) is 0.470. The zero-order valence-electron chi connectivity index (χ0n) is 12.0. The van der Waals surface area contributed by atoms with Gasteiger partial charge in [0.2, 0.25) is 10.0 Å². The van der Waals surface area contributed by atoms with Crippen molar-refractivity contribution in [3.63, 3.8) is 0 Å². The van der Waals surface area contributed by atoms with Crippen LogP contribution in [-0.4, -0.2) is 42.5 Å². The smallest absolute Gasteiger partial charge is 0.244 e. The van der Waals surface area contributed by atoms with E-state index in [0.717, 1.165) is 12.8 Å². The van der Waals surface area contributed by atoms with E-state index >= 15 is 0 Å². The molecule has 20 heavy (non-hydrogen) atoms. The number of hydrogen-bond donors (Lipinski definition) is 1. The van der Waals surface area contributed by atoms with Crippen LogP contribution in [-0.2, 0) is 10.0 Å². The highest BCUT2D eigenvalue weighted by atomic mass is 32.2. The number of nitrogens with zero attached hydrogens (tertiary/aromatic N) is 2. The van der Waals surface area contributed by atoms with E-state index in [2.05, 4.69) is 16.8 Å². The van der Waals surface area contributed by atoms with Crippen LogP contribution in [0.15, 0.2) is 23.4 Å². The van der Waals surface area contributed by atoms with E-state index in [9.17, 15) is 8.42 Å². The highest BCUT2D eigenvalue weighted by Crippen LogP contribution is 2.19. The van der Waals surface area contributed by atoms with Gasteiger partial charge in [-0.3, -0.25) is 4.98 Å². The zero-order chi connectivity index (χ0) is 15.2. The number of pyridine rings is 1. The molecule has 1 N–H and O–H groups in total.